The molecule has 2 aliphatic heterocycles. The highest BCUT2D eigenvalue weighted by Crippen LogP contribution is 2.23. The van der Waals surface area contributed by atoms with Gasteiger partial charge in [0.1, 0.15) is 18.0 Å². The predicted molar refractivity (Wildman–Crippen MR) is 105 cm³/mol. The second-order valence-corrected chi connectivity index (χ2v) is 7.56. The zero-order chi connectivity index (χ0) is 18.4. The molecule has 3 heterocycles. The fourth-order valence-corrected chi connectivity index (χ4v) is 3.93. The summed E-state index contributed by atoms with van der Waals surface area (Å²) in [4.78, 5) is 27.4. The molecule has 1 aromatic heterocycles. The number of carbonyl (C=O) groups is 1. The molecule has 0 aliphatic carbocycles. The molecule has 2 aliphatic rings. The van der Waals surface area contributed by atoms with E-state index >= 15 is 0 Å². The summed E-state index contributed by atoms with van der Waals surface area (Å²) in [6.07, 6.45) is 7.79. The number of carbonyl (C=O) groups excluding carboxylic acids is 1. The number of likely N-dealkylation sites (tertiary alicyclic amines) is 1. The van der Waals surface area contributed by atoms with Crippen LogP contribution in [0.4, 0.5) is 11.6 Å². The van der Waals surface area contributed by atoms with E-state index in [-0.39, 0.29) is 5.91 Å². The second-order valence-electron chi connectivity index (χ2n) is 7.56. The fraction of sp³-hybridized carbons (Fsp3) is 0.737. The first-order valence-electron chi connectivity index (χ1n) is 9.87. The minimum atomic E-state index is 0.104. The molecule has 0 radical (unpaired) electrons. The van der Waals surface area contributed by atoms with E-state index in [1.807, 2.05) is 0 Å². The molecule has 2 saturated heterocycles. The summed E-state index contributed by atoms with van der Waals surface area (Å²) in [7, 11) is 3.82. The van der Waals surface area contributed by atoms with Gasteiger partial charge in [-0.3, -0.25) is 9.69 Å². The Morgan fingerprint density at radius 3 is 2.62 bits per heavy atom. The normalized spacial score (nSPS) is 19.4. The monoisotopic (exact) mass is 360 g/mol. The summed E-state index contributed by atoms with van der Waals surface area (Å²) in [5.74, 6) is 2.82. The molecule has 144 valence electrons. The molecule has 7 heteroatoms. The Morgan fingerprint density at radius 1 is 1.19 bits per heavy atom. The van der Waals surface area contributed by atoms with Crippen molar-refractivity contribution in [2.24, 2.45) is 5.92 Å². The summed E-state index contributed by atoms with van der Waals surface area (Å²) in [6, 6.07) is 2.13. The number of aromatic nitrogens is 2. The number of anilines is 2. The number of piperidine rings is 2. The van der Waals surface area contributed by atoms with Gasteiger partial charge in [-0.05, 0) is 51.1 Å². The van der Waals surface area contributed by atoms with E-state index in [4.69, 9.17) is 0 Å². The lowest BCUT2D eigenvalue weighted by Crippen LogP contribution is -2.42. The molecule has 0 bridgehead atoms. The highest BCUT2D eigenvalue weighted by molar-refractivity contribution is 5.77. The highest BCUT2D eigenvalue weighted by atomic mass is 16.1. The van der Waals surface area contributed by atoms with Crippen LogP contribution in [0.15, 0.2) is 12.4 Å². The van der Waals surface area contributed by atoms with Crippen LogP contribution >= 0.6 is 0 Å². The average Bonchev–Trinajstić information content (AvgIpc) is 2.70. The minimum absolute atomic E-state index is 0.104. The van der Waals surface area contributed by atoms with Crippen LogP contribution in [0.1, 0.15) is 32.1 Å². The van der Waals surface area contributed by atoms with E-state index in [2.05, 4.69) is 43.1 Å². The summed E-state index contributed by atoms with van der Waals surface area (Å²) in [5, 5.41) is 2.70. The highest BCUT2D eigenvalue weighted by Gasteiger charge is 2.22. The van der Waals surface area contributed by atoms with Gasteiger partial charge in [-0.15, -0.1) is 0 Å². The van der Waals surface area contributed by atoms with Crippen molar-refractivity contribution >= 4 is 17.5 Å². The van der Waals surface area contributed by atoms with E-state index in [1.165, 1.54) is 19.3 Å². The quantitative estimate of drug-likeness (QED) is 0.826. The molecule has 1 aromatic rings. The molecule has 0 aromatic carbocycles. The van der Waals surface area contributed by atoms with Gasteiger partial charge in [0.25, 0.3) is 0 Å². The van der Waals surface area contributed by atoms with Crippen LogP contribution in [0, 0.1) is 5.92 Å². The third kappa shape index (κ3) is 5.06. The van der Waals surface area contributed by atoms with Gasteiger partial charge in [0, 0.05) is 39.8 Å². The topological polar surface area (TPSA) is 64.6 Å². The van der Waals surface area contributed by atoms with Crippen LogP contribution in [0.25, 0.3) is 0 Å². The average molecular weight is 361 g/mol. The standard InChI is InChI=1S/C19H32N6O/c1-20-19(26)14-24-10-6-16(7-11-24)13-23(2)17-12-18(22-15-21-17)25-8-4-3-5-9-25/h12,15-16H,3-11,13-14H2,1-2H3,(H,20,26). The first kappa shape index (κ1) is 18.9. The van der Waals surface area contributed by atoms with Crippen molar-refractivity contribution in [1.29, 1.82) is 0 Å². The van der Waals surface area contributed by atoms with Crippen LogP contribution in [0.2, 0.25) is 0 Å². The lowest BCUT2D eigenvalue weighted by atomic mass is 9.96. The third-order valence-corrected chi connectivity index (χ3v) is 5.59. The van der Waals surface area contributed by atoms with Crippen LogP contribution in [0.3, 0.4) is 0 Å². The number of nitrogens with zero attached hydrogens (tertiary/aromatic N) is 5. The summed E-state index contributed by atoms with van der Waals surface area (Å²) >= 11 is 0. The van der Waals surface area contributed by atoms with Crippen molar-refractivity contribution in [1.82, 2.24) is 20.2 Å². The Kier molecular flexibility index (Phi) is 6.66. The van der Waals surface area contributed by atoms with Gasteiger partial charge in [-0.2, -0.15) is 0 Å². The molecule has 0 unspecified atom stereocenters. The zero-order valence-corrected chi connectivity index (χ0v) is 16.2. The van der Waals surface area contributed by atoms with Gasteiger partial charge in [-0.1, -0.05) is 0 Å². The SMILES string of the molecule is CNC(=O)CN1CCC(CN(C)c2cc(N3CCCCC3)ncn2)CC1. The fourth-order valence-electron chi connectivity index (χ4n) is 3.93. The Hall–Kier alpha value is -1.89. The Labute approximate surface area is 156 Å². The van der Waals surface area contributed by atoms with Crippen LogP contribution in [-0.2, 0) is 4.79 Å². The lowest BCUT2D eigenvalue weighted by molar-refractivity contribution is -0.122. The maximum Gasteiger partial charge on any atom is 0.233 e. The van der Waals surface area contributed by atoms with Crippen molar-refractivity contribution in [3.05, 3.63) is 12.4 Å². The maximum absolute atomic E-state index is 11.5. The molecule has 26 heavy (non-hydrogen) atoms. The smallest absolute Gasteiger partial charge is 0.233 e. The first-order chi connectivity index (χ1) is 12.7. The third-order valence-electron chi connectivity index (χ3n) is 5.59. The molecule has 0 atom stereocenters. The first-order valence-corrected chi connectivity index (χ1v) is 9.87. The van der Waals surface area contributed by atoms with Crippen molar-refractivity contribution in [3.63, 3.8) is 0 Å². The van der Waals surface area contributed by atoms with Gasteiger partial charge in [0.15, 0.2) is 0 Å². The number of hydrogen-bond acceptors (Lipinski definition) is 6. The second kappa shape index (κ2) is 9.16. The predicted octanol–water partition coefficient (Wildman–Crippen LogP) is 1.36. The minimum Gasteiger partial charge on any atom is -0.359 e. The van der Waals surface area contributed by atoms with Gasteiger partial charge < -0.3 is 15.1 Å². The Balaban J connectivity index is 1.50. The van der Waals surface area contributed by atoms with E-state index in [0.717, 1.165) is 57.2 Å². The zero-order valence-electron chi connectivity index (χ0n) is 16.2. The van der Waals surface area contributed by atoms with E-state index < -0.39 is 0 Å². The number of hydrogen-bond donors (Lipinski definition) is 1. The van der Waals surface area contributed by atoms with Crippen LogP contribution < -0.4 is 15.1 Å². The molecular formula is C19H32N6O. The van der Waals surface area contributed by atoms with Crippen molar-refractivity contribution in [2.45, 2.75) is 32.1 Å². The van der Waals surface area contributed by atoms with E-state index in [0.29, 0.717) is 12.5 Å². The molecule has 2 fully saturated rings. The Morgan fingerprint density at radius 2 is 1.92 bits per heavy atom. The maximum atomic E-state index is 11.5. The van der Waals surface area contributed by atoms with Gasteiger partial charge >= 0.3 is 0 Å². The summed E-state index contributed by atoms with van der Waals surface area (Å²) < 4.78 is 0. The van der Waals surface area contributed by atoms with E-state index in [1.54, 1.807) is 13.4 Å². The van der Waals surface area contributed by atoms with Crippen molar-refractivity contribution < 1.29 is 4.79 Å². The number of rotatable bonds is 6. The van der Waals surface area contributed by atoms with Crippen molar-refractivity contribution in [3.8, 4) is 0 Å². The van der Waals surface area contributed by atoms with Crippen LogP contribution in [-0.4, -0.2) is 74.1 Å². The molecular weight excluding hydrogens is 328 g/mol. The molecule has 1 amide bonds. The lowest BCUT2D eigenvalue weighted by Gasteiger charge is -2.34. The summed E-state index contributed by atoms with van der Waals surface area (Å²) in [6.45, 7) is 5.71. The summed E-state index contributed by atoms with van der Waals surface area (Å²) in [5.41, 5.74) is 0. The van der Waals surface area contributed by atoms with Crippen LogP contribution in [0.5, 0.6) is 0 Å². The molecule has 3 rings (SSSR count). The largest absolute Gasteiger partial charge is 0.359 e. The number of nitrogens with one attached hydrogen (secondary N) is 1. The van der Waals surface area contributed by atoms with Gasteiger partial charge in [0.2, 0.25) is 5.91 Å². The number of amides is 1. The molecule has 0 spiro atoms. The molecule has 0 saturated carbocycles. The molecule has 7 nitrogen and oxygen atoms in total. The van der Waals surface area contributed by atoms with Gasteiger partial charge in [-0.25, -0.2) is 9.97 Å². The Bertz CT molecular complexity index is 581. The number of likely N-dealkylation sites (N-methyl/N-ethyl adjacent to an activating group) is 1. The molecule has 1 N–H and O–H groups in total. The van der Waals surface area contributed by atoms with E-state index in [9.17, 15) is 4.79 Å². The van der Waals surface area contributed by atoms with Gasteiger partial charge in [0.05, 0.1) is 6.54 Å². The van der Waals surface area contributed by atoms with Crippen molar-refractivity contribution in [2.75, 3.05) is 63.2 Å².